The molecule has 0 bridgehead atoms. The molecule has 0 spiro atoms. The quantitative estimate of drug-likeness (QED) is 0.0148. The highest BCUT2D eigenvalue weighted by Crippen LogP contribution is 2.26. The lowest BCUT2D eigenvalue weighted by Gasteiger charge is -2.41. The summed E-state index contributed by atoms with van der Waals surface area (Å²) in [5.74, 6) is -0.267. The molecule has 1 rings (SSSR count). The van der Waals surface area contributed by atoms with Crippen molar-refractivity contribution in [1.29, 1.82) is 0 Å². The zero-order chi connectivity index (χ0) is 44.8. The Hall–Kier alpha value is -1.68. The Bertz CT molecular complexity index is 1230. The summed E-state index contributed by atoms with van der Waals surface area (Å²) in [4.78, 5) is 13.0. The lowest BCUT2D eigenvalue weighted by molar-refractivity contribution is -0.298. The van der Waals surface area contributed by atoms with Gasteiger partial charge in [0.05, 0.1) is 25.4 Å². The molecule has 0 aromatic rings. The van der Waals surface area contributed by atoms with Crippen LogP contribution in [0.1, 0.15) is 206 Å². The standard InChI is InChI=1S/C48H89NO11S/c1-3-5-7-9-11-13-15-17-19-20-21-22-24-26-28-30-32-34-36-38-44(52)49-41(40-58-48-46(54)47(60-61(55,56)57)45(53)43(39-50)59-48)42(51)37-35-33-31-29-27-25-23-18-16-14-12-10-8-6-4-2/h11,13,15,17,35,37,41-43,45-48,50-51,53-54H,3-10,12,14,16,18-34,36,38-40H2,1-2H3,(H,49,52)(H,55,56,57)/b13-11-,17-15-,37-35+. The van der Waals surface area contributed by atoms with Crippen LogP contribution in [0.15, 0.2) is 36.5 Å². The van der Waals surface area contributed by atoms with Crippen LogP contribution in [0.5, 0.6) is 0 Å². The summed E-state index contributed by atoms with van der Waals surface area (Å²) in [5, 5.41) is 44.7. The number of ether oxygens (including phenoxy) is 2. The Kier molecular flexibility index (Phi) is 36.4. The first-order chi connectivity index (χ1) is 29.5. The van der Waals surface area contributed by atoms with Gasteiger partial charge in [-0.05, 0) is 44.9 Å². The minimum atomic E-state index is -5.09. The van der Waals surface area contributed by atoms with Gasteiger partial charge in [0.2, 0.25) is 5.91 Å². The molecule has 7 unspecified atom stereocenters. The highest BCUT2D eigenvalue weighted by Gasteiger charge is 2.48. The molecule has 1 aliphatic rings. The van der Waals surface area contributed by atoms with Gasteiger partial charge in [0.15, 0.2) is 6.29 Å². The molecule has 61 heavy (non-hydrogen) atoms. The zero-order valence-electron chi connectivity index (χ0n) is 38.2. The molecule has 0 saturated carbocycles. The first kappa shape index (κ1) is 57.3. The van der Waals surface area contributed by atoms with E-state index in [2.05, 4.69) is 47.7 Å². The number of hydrogen-bond acceptors (Lipinski definition) is 10. The second-order valence-corrected chi connectivity index (χ2v) is 18.1. The summed E-state index contributed by atoms with van der Waals surface area (Å²) in [7, 11) is -5.09. The van der Waals surface area contributed by atoms with Gasteiger partial charge < -0.3 is 35.2 Å². The molecule has 1 fully saturated rings. The molecule has 1 saturated heterocycles. The van der Waals surface area contributed by atoms with E-state index in [-0.39, 0.29) is 18.9 Å². The van der Waals surface area contributed by atoms with Crippen LogP contribution in [0, 0.1) is 0 Å². The summed E-state index contributed by atoms with van der Waals surface area (Å²) in [5.41, 5.74) is 0. The van der Waals surface area contributed by atoms with Crippen molar-refractivity contribution >= 4 is 16.3 Å². The fourth-order valence-corrected chi connectivity index (χ4v) is 8.13. The van der Waals surface area contributed by atoms with Gasteiger partial charge in [-0.15, -0.1) is 0 Å². The van der Waals surface area contributed by atoms with Gasteiger partial charge in [0, 0.05) is 6.42 Å². The van der Waals surface area contributed by atoms with Crippen LogP contribution in [0.25, 0.3) is 0 Å². The number of aliphatic hydroxyl groups is 4. The van der Waals surface area contributed by atoms with Crippen LogP contribution < -0.4 is 5.32 Å². The summed E-state index contributed by atoms with van der Waals surface area (Å²) < 4.78 is 47.6. The van der Waals surface area contributed by atoms with Crippen molar-refractivity contribution in [1.82, 2.24) is 5.32 Å². The molecular formula is C48H89NO11S. The van der Waals surface area contributed by atoms with Gasteiger partial charge >= 0.3 is 10.4 Å². The second kappa shape index (κ2) is 38.8. The smallest absolute Gasteiger partial charge is 0.394 e. The topological polar surface area (TPSA) is 192 Å². The maximum absolute atomic E-state index is 13.0. The molecule has 1 heterocycles. The average molecular weight is 888 g/mol. The maximum atomic E-state index is 13.0. The van der Waals surface area contributed by atoms with Crippen molar-refractivity contribution in [3.63, 3.8) is 0 Å². The largest absolute Gasteiger partial charge is 0.397 e. The lowest BCUT2D eigenvalue weighted by Crippen LogP contribution is -2.61. The monoisotopic (exact) mass is 888 g/mol. The van der Waals surface area contributed by atoms with E-state index in [0.29, 0.717) is 6.42 Å². The molecule has 7 atom stereocenters. The normalized spacial score (nSPS) is 20.9. The molecule has 1 amide bonds. The van der Waals surface area contributed by atoms with Gasteiger partial charge in [-0.1, -0.05) is 192 Å². The van der Waals surface area contributed by atoms with Crippen LogP contribution in [0.4, 0.5) is 0 Å². The van der Waals surface area contributed by atoms with Crippen molar-refractivity contribution in [2.45, 2.75) is 249 Å². The summed E-state index contributed by atoms with van der Waals surface area (Å²) in [6, 6.07) is -0.945. The minimum absolute atomic E-state index is 0.264. The molecule has 0 radical (unpaired) electrons. The molecular weight excluding hydrogens is 799 g/mol. The lowest BCUT2D eigenvalue weighted by atomic mass is 9.99. The van der Waals surface area contributed by atoms with E-state index in [0.717, 1.165) is 44.9 Å². The molecule has 0 aromatic carbocycles. The van der Waals surface area contributed by atoms with Crippen molar-refractivity contribution < 1.29 is 51.8 Å². The Balaban J connectivity index is 2.49. The summed E-state index contributed by atoms with van der Waals surface area (Å²) in [6.45, 7) is 3.36. The van der Waals surface area contributed by atoms with Crippen LogP contribution in [-0.2, 0) is 28.9 Å². The van der Waals surface area contributed by atoms with E-state index in [9.17, 15) is 38.2 Å². The molecule has 358 valence electrons. The van der Waals surface area contributed by atoms with E-state index >= 15 is 0 Å². The predicted octanol–water partition coefficient (Wildman–Crippen LogP) is 9.89. The van der Waals surface area contributed by atoms with Gasteiger partial charge in [0.25, 0.3) is 0 Å². The molecule has 13 heteroatoms. The molecule has 1 aliphatic heterocycles. The Labute approximate surface area is 371 Å². The Morgan fingerprint density at radius 1 is 0.656 bits per heavy atom. The second-order valence-electron chi connectivity index (χ2n) is 17.1. The Morgan fingerprint density at radius 3 is 1.56 bits per heavy atom. The number of carbonyl (C=O) groups is 1. The first-order valence-electron chi connectivity index (χ1n) is 24.4. The zero-order valence-corrected chi connectivity index (χ0v) is 39.0. The average Bonchev–Trinajstić information content (AvgIpc) is 3.23. The molecule has 6 N–H and O–H groups in total. The molecule has 0 aromatic heterocycles. The predicted molar refractivity (Wildman–Crippen MR) is 245 cm³/mol. The third kappa shape index (κ3) is 31.8. The number of unbranched alkanes of at least 4 members (excludes halogenated alkanes) is 26. The SMILES string of the molecule is CCCCC/C=C\C=C/CCCCCCCCCCCCC(=O)NC(COC1OC(CO)C(O)C(OS(=O)(=O)O)C1O)C(O)/C=C/CCCCCCCCCCCCCCC. The number of aliphatic hydroxyl groups excluding tert-OH is 4. The van der Waals surface area contributed by atoms with Gasteiger partial charge in [-0.3, -0.25) is 9.35 Å². The van der Waals surface area contributed by atoms with Gasteiger partial charge in [-0.25, -0.2) is 4.18 Å². The van der Waals surface area contributed by atoms with Crippen LogP contribution >= 0.6 is 0 Å². The van der Waals surface area contributed by atoms with Crippen molar-refractivity contribution in [3.8, 4) is 0 Å². The van der Waals surface area contributed by atoms with Gasteiger partial charge in [-0.2, -0.15) is 8.42 Å². The van der Waals surface area contributed by atoms with Crippen LogP contribution in [0.3, 0.4) is 0 Å². The minimum Gasteiger partial charge on any atom is -0.394 e. The fraction of sp³-hybridized carbons (Fsp3) is 0.854. The van der Waals surface area contributed by atoms with E-state index in [1.54, 1.807) is 6.08 Å². The van der Waals surface area contributed by atoms with Crippen molar-refractivity contribution in [3.05, 3.63) is 36.5 Å². The van der Waals surface area contributed by atoms with Crippen LogP contribution in [0.2, 0.25) is 0 Å². The number of carbonyl (C=O) groups excluding carboxylic acids is 1. The van der Waals surface area contributed by atoms with Gasteiger partial charge in [0.1, 0.15) is 24.4 Å². The summed E-state index contributed by atoms with van der Waals surface area (Å²) in [6.07, 6.45) is 37.4. The third-order valence-corrected chi connectivity index (χ3v) is 11.9. The highest BCUT2D eigenvalue weighted by atomic mass is 32.3. The molecule has 0 aliphatic carbocycles. The number of hydrogen-bond donors (Lipinski definition) is 6. The van der Waals surface area contributed by atoms with Crippen molar-refractivity contribution in [2.24, 2.45) is 0 Å². The van der Waals surface area contributed by atoms with E-state index in [1.165, 1.54) is 135 Å². The summed E-state index contributed by atoms with van der Waals surface area (Å²) >= 11 is 0. The van der Waals surface area contributed by atoms with Crippen molar-refractivity contribution in [2.75, 3.05) is 13.2 Å². The number of allylic oxidation sites excluding steroid dienone is 5. The fourth-order valence-electron chi connectivity index (χ4n) is 7.62. The van der Waals surface area contributed by atoms with Crippen LogP contribution in [-0.4, -0.2) is 95.4 Å². The third-order valence-electron chi connectivity index (χ3n) is 11.4. The van der Waals surface area contributed by atoms with E-state index < -0.39 is 59.9 Å². The number of nitrogens with one attached hydrogen (secondary N) is 1. The Morgan fingerprint density at radius 2 is 1.08 bits per heavy atom. The highest BCUT2D eigenvalue weighted by molar-refractivity contribution is 7.80. The maximum Gasteiger partial charge on any atom is 0.397 e. The number of amides is 1. The number of rotatable bonds is 41. The molecule has 12 nitrogen and oxygen atoms in total. The van der Waals surface area contributed by atoms with E-state index in [1.807, 2.05) is 6.08 Å². The first-order valence-corrected chi connectivity index (χ1v) is 25.8. The van der Waals surface area contributed by atoms with E-state index in [4.69, 9.17) is 9.47 Å².